The van der Waals surface area contributed by atoms with E-state index in [4.69, 9.17) is 10.2 Å². The first kappa shape index (κ1) is 12.3. The van der Waals surface area contributed by atoms with Gasteiger partial charge in [-0.15, -0.1) is 0 Å². The Morgan fingerprint density at radius 1 is 1.20 bits per heavy atom. The minimum absolute atomic E-state index is 0.655. The normalized spacial score (nSPS) is 32.1. The number of aliphatic carboxylic acids is 2. The zero-order valence-electron chi connectivity index (χ0n) is 8.63. The van der Waals surface area contributed by atoms with E-state index < -0.39 is 40.1 Å². The van der Waals surface area contributed by atoms with E-state index in [0.717, 1.165) is 4.31 Å². The number of rotatable bonds is 3. The van der Waals surface area contributed by atoms with Crippen molar-refractivity contribution < 1.29 is 24.4 Å². The third-order valence-corrected chi connectivity index (χ3v) is 3.86. The van der Waals surface area contributed by atoms with Crippen LogP contribution in [0, 0.1) is 0 Å². The fourth-order valence-corrected chi connectivity index (χ4v) is 2.62. The molecule has 0 saturated carbocycles. The first-order chi connectivity index (χ1) is 6.68. The summed E-state index contributed by atoms with van der Waals surface area (Å²) in [6.07, 6.45) is 0. The van der Waals surface area contributed by atoms with Crippen LogP contribution in [0.3, 0.4) is 0 Å². The minimum atomic E-state index is -1.61. The first-order valence-corrected chi connectivity index (χ1v) is 5.44. The van der Waals surface area contributed by atoms with Gasteiger partial charge in [-0.05, 0) is 20.8 Å². The molecule has 1 heterocycles. The third kappa shape index (κ3) is 2.24. The molecule has 2 N–H and O–H groups in total. The molecule has 0 radical (unpaired) electrons. The van der Waals surface area contributed by atoms with Crippen LogP contribution in [0.15, 0.2) is 0 Å². The van der Waals surface area contributed by atoms with Crippen molar-refractivity contribution in [2.45, 2.75) is 37.6 Å². The van der Waals surface area contributed by atoms with E-state index in [1.54, 1.807) is 20.8 Å². The van der Waals surface area contributed by atoms with Gasteiger partial charge in [0, 0.05) is 11.4 Å². The Hall–Kier alpha value is -0.790. The fourth-order valence-electron chi connectivity index (χ4n) is 1.22. The van der Waals surface area contributed by atoms with Crippen LogP contribution >= 0.6 is 0 Å². The minimum Gasteiger partial charge on any atom is -0.597 e. The van der Waals surface area contributed by atoms with Crippen LogP contribution in [-0.2, 0) is 21.0 Å². The van der Waals surface area contributed by atoms with Crippen LogP contribution < -0.4 is 0 Å². The molecule has 0 aromatic carbocycles. The Balaban J connectivity index is 2.80. The van der Waals surface area contributed by atoms with Crippen LogP contribution in [0.1, 0.15) is 20.8 Å². The lowest BCUT2D eigenvalue weighted by atomic mass is 10.3. The van der Waals surface area contributed by atoms with E-state index in [2.05, 4.69) is 0 Å². The molecule has 7 heteroatoms. The second-order valence-electron chi connectivity index (χ2n) is 4.29. The molecule has 1 aliphatic rings. The molecule has 0 aromatic rings. The first-order valence-electron chi connectivity index (χ1n) is 4.34. The Kier molecular flexibility index (Phi) is 2.99. The van der Waals surface area contributed by atoms with E-state index in [0.29, 0.717) is 0 Å². The van der Waals surface area contributed by atoms with E-state index in [1.165, 1.54) is 0 Å². The summed E-state index contributed by atoms with van der Waals surface area (Å²) < 4.78 is 12.1. The number of carboxylic acid groups (broad SMARTS) is 2. The van der Waals surface area contributed by atoms with Gasteiger partial charge in [-0.1, -0.05) is 4.31 Å². The van der Waals surface area contributed by atoms with Gasteiger partial charge >= 0.3 is 11.9 Å². The molecular formula is C8H13NO5S. The highest BCUT2D eigenvalue weighted by atomic mass is 32.2. The van der Waals surface area contributed by atoms with Gasteiger partial charge in [0.15, 0.2) is 12.1 Å². The predicted octanol–water partition coefficient (Wildman–Crippen LogP) is -0.329. The third-order valence-electron chi connectivity index (χ3n) is 1.98. The fraction of sp³-hybridized carbons (Fsp3) is 0.750. The van der Waals surface area contributed by atoms with Crippen LogP contribution in [0.5, 0.6) is 0 Å². The highest BCUT2D eigenvalue weighted by Crippen LogP contribution is 2.37. The van der Waals surface area contributed by atoms with Crippen molar-refractivity contribution in [3.05, 3.63) is 0 Å². The SMILES string of the molecule is CC(C)(C)[S@+]([O-])N1C(C(=O)O)[C@H]1C(=O)O. The Morgan fingerprint density at radius 3 is 1.73 bits per heavy atom. The van der Waals surface area contributed by atoms with Crippen LogP contribution in [0.25, 0.3) is 0 Å². The van der Waals surface area contributed by atoms with Gasteiger partial charge in [0.1, 0.15) is 4.75 Å². The second-order valence-corrected chi connectivity index (χ2v) is 6.43. The molecule has 2 unspecified atom stereocenters. The van der Waals surface area contributed by atoms with Crippen molar-refractivity contribution in [3.63, 3.8) is 0 Å². The summed E-state index contributed by atoms with van der Waals surface area (Å²) in [6, 6.07) is -2.33. The maximum atomic E-state index is 11.8. The molecule has 1 aliphatic heterocycles. The summed E-state index contributed by atoms with van der Waals surface area (Å²) >= 11 is -1.61. The van der Waals surface area contributed by atoms with Gasteiger partial charge in [-0.3, -0.25) is 9.59 Å². The molecule has 6 nitrogen and oxygen atoms in total. The van der Waals surface area contributed by atoms with Crippen molar-refractivity contribution in [1.82, 2.24) is 4.31 Å². The topological polar surface area (TPSA) is 101 Å². The Labute approximate surface area is 90.2 Å². The zero-order chi connectivity index (χ0) is 12.0. The summed E-state index contributed by atoms with van der Waals surface area (Å²) in [5, 5.41) is 17.4. The smallest absolute Gasteiger partial charge is 0.328 e. The van der Waals surface area contributed by atoms with Gasteiger partial charge in [-0.2, -0.15) is 0 Å². The van der Waals surface area contributed by atoms with Gasteiger partial charge in [-0.25, -0.2) is 0 Å². The lowest BCUT2D eigenvalue weighted by molar-refractivity contribution is -0.140. The molecule has 1 saturated heterocycles. The van der Waals surface area contributed by atoms with E-state index >= 15 is 0 Å². The van der Waals surface area contributed by atoms with Crippen LogP contribution in [-0.4, -0.2) is 47.8 Å². The highest BCUT2D eigenvalue weighted by Gasteiger charge is 2.67. The molecule has 0 amide bonds. The van der Waals surface area contributed by atoms with Crippen molar-refractivity contribution >= 4 is 23.3 Å². The molecule has 0 bridgehead atoms. The quantitative estimate of drug-likeness (QED) is 0.513. The number of carboxylic acids is 2. The summed E-state index contributed by atoms with van der Waals surface area (Å²) in [4.78, 5) is 21.4. The number of hydrogen-bond donors (Lipinski definition) is 2. The molecule has 0 aliphatic carbocycles. The molecule has 86 valence electrons. The van der Waals surface area contributed by atoms with Gasteiger partial charge in [0.05, 0.1) is 0 Å². The highest BCUT2D eigenvalue weighted by molar-refractivity contribution is 7.90. The number of hydrogen-bond acceptors (Lipinski definition) is 4. The van der Waals surface area contributed by atoms with E-state index in [9.17, 15) is 14.1 Å². The molecule has 1 fully saturated rings. The monoisotopic (exact) mass is 235 g/mol. The second kappa shape index (κ2) is 3.66. The van der Waals surface area contributed by atoms with Gasteiger partial charge in [0.2, 0.25) is 0 Å². The summed E-state index contributed by atoms with van der Waals surface area (Å²) in [5.41, 5.74) is 0. The lowest BCUT2D eigenvalue weighted by Crippen LogP contribution is -2.36. The Morgan fingerprint density at radius 2 is 1.53 bits per heavy atom. The van der Waals surface area contributed by atoms with Crippen LogP contribution in [0.4, 0.5) is 0 Å². The zero-order valence-corrected chi connectivity index (χ0v) is 9.45. The number of carbonyl (C=O) groups is 2. The standard InChI is InChI=1S/C8H13NO5S/c1-8(2,3)15(14)9-4(6(10)11)5(9)7(12)13/h4-5H,1-3H3,(H,10,11)(H,12,13)/t4-,5?,9?,15-/m0/s1. The molecule has 15 heavy (non-hydrogen) atoms. The Bertz CT molecular complexity index is 280. The van der Waals surface area contributed by atoms with Crippen molar-refractivity contribution in [2.24, 2.45) is 0 Å². The van der Waals surface area contributed by atoms with E-state index in [1.807, 2.05) is 0 Å². The van der Waals surface area contributed by atoms with Crippen LogP contribution in [0.2, 0.25) is 0 Å². The largest absolute Gasteiger partial charge is 0.597 e. The van der Waals surface area contributed by atoms with Crippen molar-refractivity contribution in [2.75, 3.05) is 0 Å². The molecular weight excluding hydrogens is 222 g/mol. The molecule has 4 atom stereocenters. The maximum Gasteiger partial charge on any atom is 0.328 e. The van der Waals surface area contributed by atoms with Gasteiger partial charge < -0.3 is 14.8 Å². The van der Waals surface area contributed by atoms with Gasteiger partial charge in [0.25, 0.3) is 0 Å². The molecule has 0 spiro atoms. The summed E-state index contributed by atoms with van der Waals surface area (Å²) in [7, 11) is 0. The molecule has 1 rings (SSSR count). The predicted molar refractivity (Wildman–Crippen MR) is 52.6 cm³/mol. The lowest BCUT2D eigenvalue weighted by Gasteiger charge is -2.23. The maximum absolute atomic E-state index is 11.8. The van der Waals surface area contributed by atoms with Crippen molar-refractivity contribution in [1.29, 1.82) is 0 Å². The summed E-state index contributed by atoms with van der Waals surface area (Å²) in [6.45, 7) is 5.00. The number of nitrogens with zero attached hydrogens (tertiary/aromatic N) is 1. The summed E-state index contributed by atoms with van der Waals surface area (Å²) in [5.74, 6) is -2.50. The average Bonchev–Trinajstić information content (AvgIpc) is 2.74. The van der Waals surface area contributed by atoms with E-state index in [-0.39, 0.29) is 0 Å². The molecule has 0 aromatic heterocycles. The average molecular weight is 235 g/mol. The van der Waals surface area contributed by atoms with Crippen molar-refractivity contribution in [3.8, 4) is 0 Å².